The number of urea groups is 1. The van der Waals surface area contributed by atoms with Gasteiger partial charge in [-0.05, 0) is 17.7 Å². The van der Waals surface area contributed by atoms with E-state index in [4.69, 9.17) is 9.47 Å². The van der Waals surface area contributed by atoms with Crippen molar-refractivity contribution in [3.63, 3.8) is 0 Å². The van der Waals surface area contributed by atoms with E-state index in [2.05, 4.69) is 25.7 Å². The maximum atomic E-state index is 12.1. The molecular formula is C19H22N6O3. The molecule has 0 bridgehead atoms. The van der Waals surface area contributed by atoms with Crippen molar-refractivity contribution in [3.8, 4) is 11.7 Å². The lowest BCUT2D eigenvalue weighted by Gasteiger charge is -2.11. The second kappa shape index (κ2) is 10.0. The van der Waals surface area contributed by atoms with Crippen LogP contribution in [0.1, 0.15) is 11.1 Å². The normalized spacial score (nSPS) is 10.5. The molecule has 9 heteroatoms. The van der Waals surface area contributed by atoms with Crippen LogP contribution < -0.4 is 15.4 Å². The number of hydrogen-bond acceptors (Lipinski definition) is 6. The molecule has 0 spiro atoms. The molecule has 0 saturated heterocycles. The van der Waals surface area contributed by atoms with Gasteiger partial charge in [-0.2, -0.15) is 5.10 Å². The minimum absolute atomic E-state index is 0.282. The standard InChI is InChI=1S/C19H22N6O3/c1-27-10-11-28-17-6-5-15(12-21-17)13-22-19(26)23-14-16-4-2-7-20-18(16)25-9-3-8-24-25/h2-9,12H,10-11,13-14H2,1H3,(H2,22,23,26). The second-order valence-electron chi connectivity index (χ2n) is 5.82. The summed E-state index contributed by atoms with van der Waals surface area (Å²) in [6.45, 7) is 1.64. The molecule has 0 fully saturated rings. The van der Waals surface area contributed by atoms with Crippen LogP contribution in [-0.4, -0.2) is 46.1 Å². The topological polar surface area (TPSA) is 103 Å². The van der Waals surface area contributed by atoms with Gasteiger partial charge >= 0.3 is 6.03 Å². The van der Waals surface area contributed by atoms with Crippen LogP contribution in [0.15, 0.2) is 55.1 Å². The van der Waals surface area contributed by atoms with Crippen molar-refractivity contribution >= 4 is 6.03 Å². The zero-order chi connectivity index (χ0) is 19.6. The third-order valence-electron chi connectivity index (χ3n) is 3.82. The number of carbonyl (C=O) groups is 1. The Bertz CT molecular complexity index is 868. The van der Waals surface area contributed by atoms with Crippen LogP contribution in [0.3, 0.4) is 0 Å². The fourth-order valence-electron chi connectivity index (χ4n) is 2.42. The zero-order valence-electron chi connectivity index (χ0n) is 15.5. The number of aromatic nitrogens is 4. The predicted octanol–water partition coefficient (Wildman–Crippen LogP) is 1.69. The molecule has 0 aliphatic rings. The summed E-state index contributed by atoms with van der Waals surface area (Å²) in [5, 5.41) is 9.81. The van der Waals surface area contributed by atoms with Gasteiger partial charge in [-0.25, -0.2) is 19.4 Å². The van der Waals surface area contributed by atoms with Crippen molar-refractivity contribution in [2.45, 2.75) is 13.1 Å². The molecule has 28 heavy (non-hydrogen) atoms. The number of pyridine rings is 2. The highest BCUT2D eigenvalue weighted by molar-refractivity contribution is 5.73. The molecule has 2 amide bonds. The third-order valence-corrected chi connectivity index (χ3v) is 3.82. The van der Waals surface area contributed by atoms with Crippen molar-refractivity contribution in [1.82, 2.24) is 30.4 Å². The number of carbonyl (C=O) groups excluding carboxylic acids is 1. The Balaban J connectivity index is 1.47. The molecule has 0 radical (unpaired) electrons. The first-order valence-corrected chi connectivity index (χ1v) is 8.78. The van der Waals surface area contributed by atoms with Gasteiger partial charge in [-0.15, -0.1) is 0 Å². The fourth-order valence-corrected chi connectivity index (χ4v) is 2.42. The van der Waals surface area contributed by atoms with Crippen LogP contribution >= 0.6 is 0 Å². The van der Waals surface area contributed by atoms with E-state index in [1.54, 1.807) is 36.4 Å². The van der Waals surface area contributed by atoms with E-state index in [1.165, 1.54) is 0 Å². The maximum Gasteiger partial charge on any atom is 0.315 e. The Morgan fingerprint density at radius 1 is 1.07 bits per heavy atom. The van der Waals surface area contributed by atoms with E-state index in [-0.39, 0.29) is 6.03 Å². The molecule has 9 nitrogen and oxygen atoms in total. The van der Waals surface area contributed by atoms with Gasteiger partial charge in [0.05, 0.1) is 6.61 Å². The minimum Gasteiger partial charge on any atom is -0.475 e. The molecule has 0 unspecified atom stereocenters. The van der Waals surface area contributed by atoms with Gasteiger partial charge in [0.25, 0.3) is 0 Å². The Morgan fingerprint density at radius 2 is 1.96 bits per heavy atom. The van der Waals surface area contributed by atoms with Crippen LogP contribution in [-0.2, 0) is 17.8 Å². The number of rotatable bonds is 9. The second-order valence-corrected chi connectivity index (χ2v) is 5.82. The Labute approximate surface area is 162 Å². The molecule has 2 N–H and O–H groups in total. The van der Waals surface area contributed by atoms with E-state index >= 15 is 0 Å². The summed E-state index contributed by atoms with van der Waals surface area (Å²) in [4.78, 5) is 20.6. The lowest BCUT2D eigenvalue weighted by atomic mass is 10.2. The molecule has 3 rings (SSSR count). The van der Waals surface area contributed by atoms with E-state index in [0.29, 0.717) is 38.0 Å². The highest BCUT2D eigenvalue weighted by atomic mass is 16.5. The number of amides is 2. The fraction of sp³-hybridized carbons (Fsp3) is 0.263. The smallest absolute Gasteiger partial charge is 0.315 e. The molecule has 0 aliphatic heterocycles. The number of methoxy groups -OCH3 is 1. The minimum atomic E-state index is -0.282. The first-order valence-electron chi connectivity index (χ1n) is 8.78. The molecule has 0 atom stereocenters. The molecule has 0 aliphatic carbocycles. The lowest BCUT2D eigenvalue weighted by Crippen LogP contribution is -2.34. The maximum absolute atomic E-state index is 12.1. The van der Waals surface area contributed by atoms with Gasteiger partial charge < -0.3 is 20.1 Å². The summed E-state index contributed by atoms with van der Waals surface area (Å²) in [6, 6.07) is 8.87. The first-order chi connectivity index (χ1) is 13.8. The summed E-state index contributed by atoms with van der Waals surface area (Å²) >= 11 is 0. The Kier molecular flexibility index (Phi) is 6.91. The van der Waals surface area contributed by atoms with Crippen LogP contribution in [0.4, 0.5) is 4.79 Å². The quantitative estimate of drug-likeness (QED) is 0.546. The SMILES string of the molecule is COCCOc1ccc(CNC(=O)NCc2cccnc2-n2cccn2)cn1. The van der Waals surface area contributed by atoms with E-state index in [9.17, 15) is 4.79 Å². The van der Waals surface area contributed by atoms with E-state index in [0.717, 1.165) is 11.1 Å². The molecular weight excluding hydrogens is 360 g/mol. The average Bonchev–Trinajstić information content (AvgIpc) is 3.27. The van der Waals surface area contributed by atoms with Gasteiger partial charge in [-0.3, -0.25) is 0 Å². The number of ether oxygens (including phenoxy) is 2. The molecule has 3 heterocycles. The summed E-state index contributed by atoms with van der Waals surface area (Å²) < 4.78 is 12.0. The zero-order valence-corrected chi connectivity index (χ0v) is 15.5. The van der Waals surface area contributed by atoms with Crippen molar-refractivity contribution in [1.29, 1.82) is 0 Å². The highest BCUT2D eigenvalue weighted by Gasteiger charge is 2.08. The van der Waals surface area contributed by atoms with Crippen molar-refractivity contribution in [3.05, 3.63) is 66.2 Å². The van der Waals surface area contributed by atoms with Crippen molar-refractivity contribution in [2.24, 2.45) is 0 Å². The molecule has 0 saturated carbocycles. The first kappa shape index (κ1) is 19.3. The van der Waals surface area contributed by atoms with Crippen LogP contribution in [0.25, 0.3) is 5.82 Å². The number of hydrogen-bond donors (Lipinski definition) is 2. The van der Waals surface area contributed by atoms with Gasteiger partial charge in [-0.1, -0.05) is 12.1 Å². The van der Waals surface area contributed by atoms with Crippen LogP contribution in [0.2, 0.25) is 0 Å². The summed E-state index contributed by atoms with van der Waals surface area (Å²) in [6.07, 6.45) is 6.84. The van der Waals surface area contributed by atoms with E-state index < -0.39 is 0 Å². The molecule has 146 valence electrons. The summed E-state index contributed by atoms with van der Waals surface area (Å²) in [5.74, 6) is 1.20. The van der Waals surface area contributed by atoms with Gasteiger partial charge in [0.2, 0.25) is 5.88 Å². The predicted molar refractivity (Wildman–Crippen MR) is 102 cm³/mol. The van der Waals surface area contributed by atoms with Gasteiger partial charge in [0, 0.05) is 56.6 Å². The summed E-state index contributed by atoms with van der Waals surface area (Å²) in [7, 11) is 1.61. The summed E-state index contributed by atoms with van der Waals surface area (Å²) in [5.41, 5.74) is 1.73. The molecule has 3 aromatic rings. The third kappa shape index (κ3) is 5.52. The number of nitrogens with one attached hydrogen (secondary N) is 2. The van der Waals surface area contributed by atoms with E-state index in [1.807, 2.05) is 30.5 Å². The van der Waals surface area contributed by atoms with Gasteiger partial charge in [0.15, 0.2) is 5.82 Å². The van der Waals surface area contributed by atoms with Crippen LogP contribution in [0, 0.1) is 0 Å². The van der Waals surface area contributed by atoms with Crippen LogP contribution in [0.5, 0.6) is 5.88 Å². The van der Waals surface area contributed by atoms with Gasteiger partial charge in [0.1, 0.15) is 6.61 Å². The largest absolute Gasteiger partial charge is 0.475 e. The average molecular weight is 382 g/mol. The number of nitrogens with zero attached hydrogens (tertiary/aromatic N) is 4. The monoisotopic (exact) mass is 382 g/mol. The highest BCUT2D eigenvalue weighted by Crippen LogP contribution is 2.10. The Hall–Kier alpha value is -3.46. The molecule has 0 aromatic carbocycles. The van der Waals surface area contributed by atoms with Crippen molar-refractivity contribution in [2.75, 3.05) is 20.3 Å². The van der Waals surface area contributed by atoms with Crippen molar-refractivity contribution < 1.29 is 14.3 Å². The Morgan fingerprint density at radius 3 is 2.71 bits per heavy atom. The molecule has 3 aromatic heterocycles. The lowest BCUT2D eigenvalue weighted by molar-refractivity contribution is 0.143.